The van der Waals surface area contributed by atoms with Crippen LogP contribution < -0.4 is 5.32 Å². The van der Waals surface area contributed by atoms with Crippen LogP contribution in [0.2, 0.25) is 0 Å². The van der Waals surface area contributed by atoms with Gasteiger partial charge in [-0.3, -0.25) is 4.79 Å². The number of hydrogen-bond donors (Lipinski definition) is 2. The third-order valence-corrected chi connectivity index (χ3v) is 3.72. The molecule has 1 heterocycles. The van der Waals surface area contributed by atoms with Gasteiger partial charge in [-0.1, -0.05) is 12.1 Å². The third-order valence-electron chi connectivity index (χ3n) is 3.33. The molecule has 1 saturated heterocycles. The lowest BCUT2D eigenvalue weighted by Crippen LogP contribution is -2.27. The number of ether oxygens (including phenoxy) is 1. The van der Waals surface area contributed by atoms with Crippen LogP contribution in [0.4, 0.5) is 0 Å². The quantitative estimate of drug-likeness (QED) is 0.821. The Kier molecular flexibility index (Phi) is 5.08. The maximum atomic E-state index is 11.9. The Morgan fingerprint density at radius 3 is 2.78 bits per heavy atom. The first kappa shape index (κ1) is 13.4. The van der Waals surface area contributed by atoms with E-state index in [1.54, 1.807) is 6.07 Å². The SMILES string of the molecule is O=C(NCCC1CCOCC1)c1ccccc1S. The molecule has 0 bridgehead atoms. The lowest BCUT2D eigenvalue weighted by molar-refractivity contribution is 0.0636. The van der Waals surface area contributed by atoms with Gasteiger partial charge in [0.15, 0.2) is 0 Å². The second-order valence-corrected chi connectivity index (χ2v) is 5.10. The number of nitrogens with one attached hydrogen (secondary N) is 1. The molecular weight excluding hydrogens is 246 g/mol. The average molecular weight is 265 g/mol. The Balaban J connectivity index is 1.76. The van der Waals surface area contributed by atoms with Gasteiger partial charge in [-0.25, -0.2) is 0 Å². The average Bonchev–Trinajstić information content (AvgIpc) is 2.40. The zero-order chi connectivity index (χ0) is 12.8. The van der Waals surface area contributed by atoms with Crippen molar-refractivity contribution in [2.75, 3.05) is 19.8 Å². The number of thiol groups is 1. The van der Waals surface area contributed by atoms with E-state index in [4.69, 9.17) is 4.74 Å². The molecule has 0 saturated carbocycles. The summed E-state index contributed by atoms with van der Waals surface area (Å²) in [6, 6.07) is 7.36. The van der Waals surface area contributed by atoms with Gasteiger partial charge in [-0.05, 0) is 37.3 Å². The summed E-state index contributed by atoms with van der Waals surface area (Å²) in [7, 11) is 0. The van der Waals surface area contributed by atoms with Gasteiger partial charge in [0.2, 0.25) is 0 Å². The van der Waals surface area contributed by atoms with Gasteiger partial charge in [0.25, 0.3) is 5.91 Å². The minimum atomic E-state index is -0.0346. The molecule has 3 nitrogen and oxygen atoms in total. The van der Waals surface area contributed by atoms with Crippen molar-refractivity contribution in [3.8, 4) is 0 Å². The predicted molar refractivity (Wildman–Crippen MR) is 74.2 cm³/mol. The summed E-state index contributed by atoms with van der Waals surface area (Å²) in [4.78, 5) is 12.6. The third kappa shape index (κ3) is 3.75. The van der Waals surface area contributed by atoms with Crippen molar-refractivity contribution in [1.82, 2.24) is 5.32 Å². The fourth-order valence-electron chi connectivity index (χ4n) is 2.19. The van der Waals surface area contributed by atoms with Crippen molar-refractivity contribution in [1.29, 1.82) is 0 Å². The van der Waals surface area contributed by atoms with Gasteiger partial charge >= 0.3 is 0 Å². The first-order valence-electron chi connectivity index (χ1n) is 6.41. The highest BCUT2D eigenvalue weighted by Crippen LogP contribution is 2.18. The van der Waals surface area contributed by atoms with E-state index in [1.807, 2.05) is 18.2 Å². The molecule has 4 heteroatoms. The van der Waals surface area contributed by atoms with Crippen molar-refractivity contribution < 1.29 is 9.53 Å². The summed E-state index contributed by atoms with van der Waals surface area (Å²) in [6.07, 6.45) is 3.25. The molecule has 1 N–H and O–H groups in total. The van der Waals surface area contributed by atoms with Gasteiger partial charge in [0.1, 0.15) is 0 Å². The van der Waals surface area contributed by atoms with Crippen LogP contribution in [0.3, 0.4) is 0 Å². The Bertz CT molecular complexity index is 403. The minimum Gasteiger partial charge on any atom is -0.381 e. The van der Waals surface area contributed by atoms with Crippen LogP contribution in [0.15, 0.2) is 29.2 Å². The van der Waals surface area contributed by atoms with Crippen LogP contribution in [-0.2, 0) is 4.74 Å². The van der Waals surface area contributed by atoms with E-state index in [9.17, 15) is 4.79 Å². The molecule has 18 heavy (non-hydrogen) atoms. The van der Waals surface area contributed by atoms with Gasteiger partial charge in [0, 0.05) is 24.7 Å². The summed E-state index contributed by atoms with van der Waals surface area (Å²) in [6.45, 7) is 2.45. The smallest absolute Gasteiger partial charge is 0.252 e. The van der Waals surface area contributed by atoms with Crippen molar-refractivity contribution >= 4 is 18.5 Å². The molecule has 2 rings (SSSR count). The molecule has 1 aromatic carbocycles. The van der Waals surface area contributed by atoms with Crippen LogP contribution in [0.5, 0.6) is 0 Å². The second kappa shape index (κ2) is 6.81. The minimum absolute atomic E-state index is 0.0346. The first-order chi connectivity index (χ1) is 8.77. The number of amides is 1. The molecule has 0 spiro atoms. The summed E-state index contributed by atoms with van der Waals surface area (Å²) in [5, 5.41) is 2.96. The largest absolute Gasteiger partial charge is 0.381 e. The van der Waals surface area contributed by atoms with E-state index in [-0.39, 0.29) is 5.91 Å². The van der Waals surface area contributed by atoms with Gasteiger partial charge < -0.3 is 10.1 Å². The second-order valence-electron chi connectivity index (χ2n) is 4.62. The molecule has 1 fully saturated rings. The fourth-order valence-corrected chi connectivity index (χ4v) is 2.45. The molecule has 0 atom stereocenters. The Labute approximate surface area is 113 Å². The standard InChI is InChI=1S/C14H19NO2S/c16-14(12-3-1-2-4-13(12)18)15-8-5-11-6-9-17-10-7-11/h1-4,11,18H,5-10H2,(H,15,16). The van der Waals surface area contributed by atoms with E-state index >= 15 is 0 Å². The van der Waals surface area contributed by atoms with Crippen molar-refractivity contribution in [3.63, 3.8) is 0 Å². The Morgan fingerprint density at radius 1 is 1.33 bits per heavy atom. The molecular formula is C14H19NO2S. The first-order valence-corrected chi connectivity index (χ1v) is 6.86. The number of rotatable bonds is 4. The van der Waals surface area contributed by atoms with Crippen LogP contribution in [0, 0.1) is 5.92 Å². The maximum absolute atomic E-state index is 11.9. The van der Waals surface area contributed by atoms with E-state index in [1.165, 1.54) is 0 Å². The fraction of sp³-hybridized carbons (Fsp3) is 0.500. The lowest BCUT2D eigenvalue weighted by atomic mass is 9.97. The van der Waals surface area contributed by atoms with Crippen molar-refractivity contribution in [2.45, 2.75) is 24.2 Å². The molecule has 0 radical (unpaired) electrons. The molecule has 0 aliphatic carbocycles. The van der Waals surface area contributed by atoms with E-state index in [0.717, 1.165) is 43.9 Å². The Morgan fingerprint density at radius 2 is 2.06 bits per heavy atom. The lowest BCUT2D eigenvalue weighted by Gasteiger charge is -2.21. The van der Waals surface area contributed by atoms with Gasteiger partial charge in [-0.15, -0.1) is 12.6 Å². The predicted octanol–water partition coefficient (Wildman–Crippen LogP) is 2.52. The molecule has 1 aliphatic rings. The van der Waals surface area contributed by atoms with Crippen molar-refractivity contribution in [3.05, 3.63) is 29.8 Å². The summed E-state index contributed by atoms with van der Waals surface area (Å²) >= 11 is 4.28. The molecule has 0 unspecified atom stereocenters. The Hall–Kier alpha value is -1.00. The highest BCUT2D eigenvalue weighted by atomic mass is 32.1. The highest BCUT2D eigenvalue weighted by Gasteiger charge is 2.14. The summed E-state index contributed by atoms with van der Waals surface area (Å²) in [5.74, 6) is 0.651. The molecule has 98 valence electrons. The maximum Gasteiger partial charge on any atom is 0.252 e. The van der Waals surface area contributed by atoms with Gasteiger partial charge in [-0.2, -0.15) is 0 Å². The molecule has 0 aromatic heterocycles. The van der Waals surface area contributed by atoms with E-state index < -0.39 is 0 Å². The summed E-state index contributed by atoms with van der Waals surface area (Å²) < 4.78 is 5.31. The normalized spacial score (nSPS) is 16.5. The monoisotopic (exact) mass is 265 g/mol. The van der Waals surface area contributed by atoms with E-state index in [0.29, 0.717) is 11.5 Å². The van der Waals surface area contributed by atoms with Crippen LogP contribution in [0.1, 0.15) is 29.6 Å². The summed E-state index contributed by atoms with van der Waals surface area (Å²) in [5.41, 5.74) is 0.646. The molecule has 1 aromatic rings. The van der Waals surface area contributed by atoms with Crippen LogP contribution in [-0.4, -0.2) is 25.7 Å². The number of hydrogen-bond acceptors (Lipinski definition) is 3. The van der Waals surface area contributed by atoms with Gasteiger partial charge in [0.05, 0.1) is 5.56 Å². The molecule has 1 aliphatic heterocycles. The number of carbonyl (C=O) groups is 1. The van der Waals surface area contributed by atoms with E-state index in [2.05, 4.69) is 17.9 Å². The highest BCUT2D eigenvalue weighted by molar-refractivity contribution is 7.80. The van der Waals surface area contributed by atoms with Crippen LogP contribution >= 0.6 is 12.6 Å². The van der Waals surface area contributed by atoms with Crippen LogP contribution in [0.25, 0.3) is 0 Å². The van der Waals surface area contributed by atoms with Crippen molar-refractivity contribution in [2.24, 2.45) is 5.92 Å². The molecule has 1 amide bonds. The number of benzene rings is 1. The zero-order valence-electron chi connectivity index (χ0n) is 10.4. The zero-order valence-corrected chi connectivity index (χ0v) is 11.3. The number of carbonyl (C=O) groups excluding carboxylic acids is 1. The topological polar surface area (TPSA) is 38.3 Å².